The molecule has 2 aromatic heterocycles. The zero-order valence-electron chi connectivity index (χ0n) is 33.8. The van der Waals surface area contributed by atoms with Crippen LogP contribution in [0.15, 0.2) is 53.5 Å². The van der Waals surface area contributed by atoms with Crippen LogP contribution in [0.3, 0.4) is 0 Å². The molecule has 0 unspecified atom stereocenters. The largest absolute Gasteiger partial charge is 0.442 e. The second-order valence-corrected chi connectivity index (χ2v) is 17.1. The Morgan fingerprint density at radius 2 is 1.67 bits per heavy atom. The minimum absolute atomic E-state index is 0.0472. The first-order valence-electron chi connectivity index (χ1n) is 21.1. The van der Waals surface area contributed by atoms with E-state index in [0.717, 1.165) is 103 Å². The van der Waals surface area contributed by atoms with Gasteiger partial charge in [-0.1, -0.05) is 37.6 Å². The number of aromatic amines is 1. The fourth-order valence-electron chi connectivity index (χ4n) is 9.62. The van der Waals surface area contributed by atoms with Crippen molar-refractivity contribution in [2.75, 3.05) is 59.4 Å². The van der Waals surface area contributed by atoms with E-state index in [1.165, 1.54) is 0 Å². The minimum Gasteiger partial charge on any atom is -0.442 e. The molecule has 57 heavy (non-hydrogen) atoms. The number of carbonyl (C=O) groups is 3. The number of rotatable bonds is 11. The first-order valence-corrected chi connectivity index (χ1v) is 21.1. The van der Waals surface area contributed by atoms with Crippen molar-refractivity contribution < 1.29 is 19.1 Å². The Morgan fingerprint density at radius 1 is 0.930 bits per heavy atom. The molecular weight excluding hydrogens is 721 g/mol. The molecule has 1 saturated carbocycles. The smallest absolute Gasteiger partial charge is 0.318 e. The van der Waals surface area contributed by atoms with E-state index in [0.29, 0.717) is 51.5 Å². The molecule has 5 heterocycles. The molecule has 0 spiro atoms. The number of piperazine rings is 1. The number of pyridine rings is 1. The van der Waals surface area contributed by atoms with Crippen molar-refractivity contribution >= 4 is 39.7 Å². The van der Waals surface area contributed by atoms with Crippen LogP contribution in [0.4, 0.5) is 4.79 Å². The molecule has 13 heteroatoms. The third-order valence-corrected chi connectivity index (χ3v) is 13.2. The number of hydrogen-bond acceptors (Lipinski definition) is 8. The Labute approximate surface area is 334 Å². The van der Waals surface area contributed by atoms with Crippen molar-refractivity contribution in [3.63, 3.8) is 0 Å². The number of para-hydroxylation sites is 1. The van der Waals surface area contributed by atoms with Crippen LogP contribution in [-0.2, 0) is 27.5 Å². The Kier molecular flexibility index (Phi) is 11.4. The molecule has 3 aliphatic heterocycles. The van der Waals surface area contributed by atoms with Crippen LogP contribution in [-0.4, -0.2) is 124 Å². The van der Waals surface area contributed by atoms with E-state index in [2.05, 4.69) is 45.2 Å². The van der Waals surface area contributed by atoms with Gasteiger partial charge in [0.1, 0.15) is 6.04 Å². The molecule has 4 aliphatic rings. The monoisotopic (exact) mass is 778 g/mol. The fourth-order valence-corrected chi connectivity index (χ4v) is 9.62. The standard InChI is InChI=1S/C44H58N8O5/c1-4-13-44(14-15-44)42(55)57-29-52-39-30(2)24-31(25-34(39)28-45-52)26-38(41(54)50-22-20-49(21-23-50)35-11-16-48(3)17-12-35)47-43(56)51-18-9-32(10-19-51)36-27-33-7-5-6-8-37(33)46-40(36)53/h5-8,24-25,27-28,32,35,38H,4,9-23,26,29H2,1-3H3,(H,46,53)(H,47,56)/t38-/m1/s1. The Bertz CT molecular complexity index is 2150. The summed E-state index contributed by atoms with van der Waals surface area (Å²) in [5, 5.41) is 9.63. The van der Waals surface area contributed by atoms with Gasteiger partial charge in [-0.3, -0.25) is 19.3 Å². The van der Waals surface area contributed by atoms with Gasteiger partial charge in [0.15, 0.2) is 6.73 Å². The van der Waals surface area contributed by atoms with Gasteiger partial charge in [0.25, 0.3) is 5.56 Å². The molecule has 0 radical (unpaired) electrons. The second kappa shape index (κ2) is 16.6. The molecule has 0 bridgehead atoms. The maximum Gasteiger partial charge on any atom is 0.318 e. The van der Waals surface area contributed by atoms with E-state index in [1.807, 2.05) is 48.2 Å². The van der Waals surface area contributed by atoms with E-state index in [1.54, 1.807) is 15.8 Å². The average Bonchev–Trinajstić information content (AvgIpc) is 3.90. The highest BCUT2D eigenvalue weighted by Crippen LogP contribution is 2.50. The number of aromatic nitrogens is 3. The summed E-state index contributed by atoms with van der Waals surface area (Å²) in [6.07, 6.45) is 9.32. The lowest BCUT2D eigenvalue weighted by Gasteiger charge is -2.43. The number of ether oxygens (including phenoxy) is 1. The van der Waals surface area contributed by atoms with Gasteiger partial charge in [0.05, 0.1) is 17.1 Å². The number of esters is 1. The van der Waals surface area contributed by atoms with Gasteiger partial charge < -0.3 is 29.7 Å². The lowest BCUT2D eigenvalue weighted by molar-refractivity contribution is -0.154. The van der Waals surface area contributed by atoms with Gasteiger partial charge in [-0.05, 0) is 113 Å². The molecule has 4 aromatic rings. The summed E-state index contributed by atoms with van der Waals surface area (Å²) in [5.74, 6) is -0.158. The van der Waals surface area contributed by atoms with E-state index < -0.39 is 6.04 Å². The molecular formula is C44H58N8O5. The van der Waals surface area contributed by atoms with Gasteiger partial charge in [0, 0.05) is 68.2 Å². The van der Waals surface area contributed by atoms with E-state index in [4.69, 9.17) is 4.74 Å². The maximum atomic E-state index is 14.4. The Morgan fingerprint density at radius 3 is 2.39 bits per heavy atom. The molecule has 3 saturated heterocycles. The summed E-state index contributed by atoms with van der Waals surface area (Å²) in [5.41, 5.74) is 3.96. The summed E-state index contributed by atoms with van der Waals surface area (Å²) in [7, 11) is 2.18. The van der Waals surface area contributed by atoms with Crippen LogP contribution >= 0.6 is 0 Å². The topological polar surface area (TPSA) is 136 Å². The van der Waals surface area contributed by atoms with Gasteiger partial charge in [-0.2, -0.15) is 5.10 Å². The first-order chi connectivity index (χ1) is 27.6. The molecule has 13 nitrogen and oxygen atoms in total. The van der Waals surface area contributed by atoms with Crippen LogP contribution in [0.5, 0.6) is 0 Å². The number of H-pyrrole nitrogens is 1. The highest BCUT2D eigenvalue weighted by molar-refractivity contribution is 5.88. The van der Waals surface area contributed by atoms with Crippen molar-refractivity contribution in [1.82, 2.24) is 39.7 Å². The first kappa shape index (κ1) is 39.1. The number of benzene rings is 2. The summed E-state index contributed by atoms with van der Waals surface area (Å²) >= 11 is 0. The summed E-state index contributed by atoms with van der Waals surface area (Å²) in [6, 6.07) is 13.4. The number of likely N-dealkylation sites (tertiary alicyclic amines) is 2. The predicted molar refractivity (Wildman–Crippen MR) is 220 cm³/mol. The molecule has 4 fully saturated rings. The number of fused-ring (bicyclic) bond motifs is 2. The average molecular weight is 779 g/mol. The summed E-state index contributed by atoms with van der Waals surface area (Å²) in [4.78, 5) is 66.0. The quantitative estimate of drug-likeness (QED) is 0.203. The SMILES string of the molecule is CCCC1(C(=O)OCn2ncc3cc(C[C@@H](NC(=O)N4CCC(c5cc6ccccc6[nH]c5=O)CC4)C(=O)N4CCN(C5CCN(C)CC5)CC4)cc(C)c32)CC1. The Balaban J connectivity index is 0.957. The number of nitrogens with one attached hydrogen (secondary N) is 2. The molecule has 2 aromatic carbocycles. The number of nitrogens with zero attached hydrogens (tertiary/aromatic N) is 6. The highest BCUT2D eigenvalue weighted by atomic mass is 16.5. The van der Waals surface area contributed by atoms with Crippen molar-refractivity contribution in [1.29, 1.82) is 0 Å². The van der Waals surface area contributed by atoms with Crippen LogP contribution in [0.1, 0.15) is 80.9 Å². The molecule has 1 aliphatic carbocycles. The second-order valence-electron chi connectivity index (χ2n) is 17.1. The van der Waals surface area contributed by atoms with Gasteiger partial charge in [-0.15, -0.1) is 0 Å². The minimum atomic E-state index is -0.755. The zero-order chi connectivity index (χ0) is 39.7. The maximum absolute atomic E-state index is 14.4. The number of amides is 3. The lowest BCUT2D eigenvalue weighted by Crippen LogP contribution is -2.59. The Hall–Kier alpha value is -4.75. The fraction of sp³-hybridized carbons (Fsp3) is 0.568. The number of aryl methyl sites for hydroxylation is 1. The van der Waals surface area contributed by atoms with Crippen molar-refractivity contribution in [3.05, 3.63) is 75.7 Å². The molecule has 8 rings (SSSR count). The summed E-state index contributed by atoms with van der Waals surface area (Å²) in [6.45, 7) is 10.3. The van der Waals surface area contributed by atoms with Crippen LogP contribution < -0.4 is 10.9 Å². The summed E-state index contributed by atoms with van der Waals surface area (Å²) < 4.78 is 7.50. The molecule has 3 amide bonds. The zero-order valence-corrected chi connectivity index (χ0v) is 33.8. The number of hydrogen-bond donors (Lipinski definition) is 2. The molecule has 304 valence electrons. The van der Waals surface area contributed by atoms with Crippen LogP contribution in [0.2, 0.25) is 0 Å². The third-order valence-electron chi connectivity index (χ3n) is 13.2. The number of urea groups is 1. The van der Waals surface area contributed by atoms with Crippen LogP contribution in [0.25, 0.3) is 21.8 Å². The molecule has 2 N–H and O–H groups in total. The third kappa shape index (κ3) is 8.46. The van der Waals surface area contributed by atoms with E-state index in [9.17, 15) is 19.2 Å². The van der Waals surface area contributed by atoms with Crippen molar-refractivity contribution in [2.24, 2.45) is 5.41 Å². The molecule has 1 atom stereocenters. The van der Waals surface area contributed by atoms with Crippen molar-refractivity contribution in [2.45, 2.75) is 96.4 Å². The van der Waals surface area contributed by atoms with Gasteiger partial charge in [0.2, 0.25) is 5.91 Å². The van der Waals surface area contributed by atoms with Crippen molar-refractivity contribution in [3.8, 4) is 0 Å². The van der Waals surface area contributed by atoms with Gasteiger partial charge in [-0.25, -0.2) is 9.48 Å². The number of piperidine rings is 2. The van der Waals surface area contributed by atoms with Crippen LogP contribution in [0, 0.1) is 12.3 Å². The number of carbonyl (C=O) groups excluding carboxylic acids is 3. The van der Waals surface area contributed by atoms with E-state index in [-0.39, 0.29) is 41.5 Å². The van der Waals surface area contributed by atoms with Gasteiger partial charge >= 0.3 is 12.0 Å². The highest BCUT2D eigenvalue weighted by Gasteiger charge is 2.50. The lowest BCUT2D eigenvalue weighted by atomic mass is 9.89. The van der Waals surface area contributed by atoms with E-state index >= 15 is 0 Å². The normalized spacial score (nSPS) is 20.2. The predicted octanol–water partition coefficient (Wildman–Crippen LogP) is 5.01.